The molecule has 326 valence electrons. The smallest absolute Gasteiger partial charge is 0.407 e. The van der Waals surface area contributed by atoms with Gasteiger partial charge < -0.3 is 39.9 Å². The fraction of sp³-hybridized carbons (Fsp3) is 0.500. The first-order valence-electron chi connectivity index (χ1n) is 22.7. The summed E-state index contributed by atoms with van der Waals surface area (Å²) in [4.78, 5) is 73.5. The summed E-state index contributed by atoms with van der Waals surface area (Å²) >= 11 is 0. The molecule has 4 fully saturated rings. The van der Waals surface area contributed by atoms with Crippen LogP contribution >= 0.6 is 0 Å². The third kappa shape index (κ3) is 8.48. The summed E-state index contributed by atoms with van der Waals surface area (Å²) in [6.07, 6.45) is 14.3. The topological polar surface area (TPSA) is 175 Å². The van der Waals surface area contributed by atoms with Crippen LogP contribution in [0.15, 0.2) is 60.8 Å². The van der Waals surface area contributed by atoms with E-state index >= 15 is 0 Å². The van der Waals surface area contributed by atoms with Crippen molar-refractivity contribution in [2.45, 2.75) is 114 Å². The second-order valence-electron chi connectivity index (χ2n) is 17.7. The van der Waals surface area contributed by atoms with E-state index in [2.05, 4.69) is 69.1 Å². The molecule has 14 nitrogen and oxygen atoms in total. The summed E-state index contributed by atoms with van der Waals surface area (Å²) in [7, 11) is 2.67. The van der Waals surface area contributed by atoms with Gasteiger partial charge in [-0.25, -0.2) is 19.6 Å². The highest BCUT2D eigenvalue weighted by Gasteiger charge is 2.41. The van der Waals surface area contributed by atoms with Crippen LogP contribution in [-0.4, -0.2) is 93.1 Å². The van der Waals surface area contributed by atoms with Crippen LogP contribution in [0.2, 0.25) is 0 Å². The number of alkyl carbamates (subject to hydrolysis) is 2. The number of hydrogen-bond donors (Lipinski definition) is 4. The van der Waals surface area contributed by atoms with Crippen molar-refractivity contribution in [1.82, 2.24) is 40.4 Å². The van der Waals surface area contributed by atoms with Crippen molar-refractivity contribution in [3.05, 3.63) is 72.4 Å². The maximum Gasteiger partial charge on any atom is 0.407 e. The number of likely N-dealkylation sites (tertiary alicyclic amines) is 2. The lowest BCUT2D eigenvalue weighted by molar-refractivity contribution is -0.136. The summed E-state index contributed by atoms with van der Waals surface area (Å²) in [6, 6.07) is 17.5. The number of carbonyl (C=O) groups is 4. The number of hydrogen-bond acceptors (Lipinski definition) is 8. The summed E-state index contributed by atoms with van der Waals surface area (Å²) < 4.78 is 9.84. The minimum atomic E-state index is -0.608. The molecule has 2 aliphatic carbocycles. The molecule has 0 unspecified atom stereocenters. The van der Waals surface area contributed by atoms with Gasteiger partial charge in [-0.1, -0.05) is 68.9 Å². The van der Waals surface area contributed by atoms with E-state index in [0.29, 0.717) is 13.1 Å². The highest BCUT2D eigenvalue weighted by molar-refractivity contribution is 5.92. The number of carbonyl (C=O) groups excluding carboxylic acids is 4. The SMILES string of the molecule is COC(=O)N[C@H](C(=O)N1CCC[C@H]1c1ncc(-c2ccc3cc(-c4ccc5nc([C@@H]6CCCN6C(=O)[C@@H](NC(=O)OC)C6CCCCC6)[nH]c5c4)ccc3c2)[nH]1)C1CCCCC1. The standard InChI is InChI=1S/C48H58N8O6/c1-61-47(59)53-41(29-11-5-3-6-12-29)45(57)55-23-9-15-39(55)43-49-28-38(52-43)35-20-19-31-25-32(17-18-33(31)26-35)34-21-22-36-37(27-34)51-44(50-36)40-16-10-24-56(40)46(58)42(54-48(60)62-2)30-13-7-4-8-14-30/h17-22,25-30,39-42H,3-16,23-24H2,1-2H3,(H,49,52)(H,50,51)(H,53,59)(H,54,60)/t39-,40-,41-,42-/m0/s1. The average molecular weight is 843 g/mol. The highest BCUT2D eigenvalue weighted by Crippen LogP contribution is 2.38. The van der Waals surface area contributed by atoms with E-state index in [-0.39, 0.29) is 35.7 Å². The van der Waals surface area contributed by atoms with Gasteiger partial charge >= 0.3 is 12.2 Å². The zero-order chi connectivity index (χ0) is 42.7. The van der Waals surface area contributed by atoms with Gasteiger partial charge in [0.1, 0.15) is 23.7 Å². The van der Waals surface area contributed by atoms with E-state index in [1.54, 1.807) is 0 Å². The molecular formula is C48H58N8O6. The lowest BCUT2D eigenvalue weighted by Crippen LogP contribution is -2.52. The molecule has 4 heterocycles. The largest absolute Gasteiger partial charge is 0.453 e. The van der Waals surface area contributed by atoms with Crippen molar-refractivity contribution in [2.75, 3.05) is 27.3 Å². The monoisotopic (exact) mass is 842 g/mol. The van der Waals surface area contributed by atoms with E-state index in [0.717, 1.165) is 146 Å². The van der Waals surface area contributed by atoms with Crippen LogP contribution in [0.4, 0.5) is 9.59 Å². The number of ether oxygens (including phenoxy) is 2. The van der Waals surface area contributed by atoms with Gasteiger partial charge in [0, 0.05) is 18.7 Å². The minimum absolute atomic E-state index is 0.0558. The van der Waals surface area contributed by atoms with Gasteiger partial charge in [-0.15, -0.1) is 0 Å². The van der Waals surface area contributed by atoms with Crippen LogP contribution < -0.4 is 10.6 Å². The average Bonchev–Trinajstić information content (AvgIpc) is 4.16. The van der Waals surface area contributed by atoms with Crippen molar-refractivity contribution in [3.8, 4) is 22.4 Å². The molecule has 14 heteroatoms. The first kappa shape index (κ1) is 41.4. The van der Waals surface area contributed by atoms with Crippen LogP contribution in [0.1, 0.15) is 114 Å². The molecule has 0 spiro atoms. The van der Waals surface area contributed by atoms with Gasteiger partial charge in [0.2, 0.25) is 11.8 Å². The molecule has 2 saturated heterocycles. The number of amides is 4. The Balaban J connectivity index is 0.900. The summed E-state index contributed by atoms with van der Waals surface area (Å²) in [5.74, 6) is 1.60. The molecule has 4 amide bonds. The Morgan fingerprint density at radius 3 is 1.71 bits per heavy atom. The summed E-state index contributed by atoms with van der Waals surface area (Å²) in [6.45, 7) is 1.24. The first-order valence-corrected chi connectivity index (χ1v) is 22.7. The molecule has 3 aromatic carbocycles. The van der Waals surface area contributed by atoms with Crippen molar-refractivity contribution < 1.29 is 28.7 Å². The second-order valence-corrected chi connectivity index (χ2v) is 17.7. The van der Waals surface area contributed by atoms with Crippen LogP contribution in [0.25, 0.3) is 44.2 Å². The number of aromatic nitrogens is 4. The van der Waals surface area contributed by atoms with Crippen molar-refractivity contribution in [3.63, 3.8) is 0 Å². The first-order chi connectivity index (χ1) is 30.3. The van der Waals surface area contributed by atoms with Crippen LogP contribution in [-0.2, 0) is 19.1 Å². The molecule has 2 aliphatic heterocycles. The number of fused-ring (bicyclic) bond motifs is 2. The number of rotatable bonds is 10. The Labute approximate surface area is 361 Å². The van der Waals surface area contributed by atoms with Crippen molar-refractivity contribution >= 4 is 45.8 Å². The predicted molar refractivity (Wildman–Crippen MR) is 236 cm³/mol. The van der Waals surface area contributed by atoms with Gasteiger partial charge in [0.15, 0.2) is 0 Å². The Morgan fingerprint density at radius 1 is 0.613 bits per heavy atom. The second kappa shape index (κ2) is 18.2. The number of benzene rings is 3. The van der Waals surface area contributed by atoms with Crippen molar-refractivity contribution in [1.29, 1.82) is 0 Å². The van der Waals surface area contributed by atoms with Crippen LogP contribution in [0, 0.1) is 11.8 Å². The Bertz CT molecular complexity index is 2430. The molecule has 2 aromatic heterocycles. The summed E-state index contributed by atoms with van der Waals surface area (Å²) in [5.41, 5.74) is 5.77. The molecule has 4 aliphatic rings. The van der Waals surface area contributed by atoms with E-state index < -0.39 is 24.3 Å². The third-order valence-corrected chi connectivity index (χ3v) is 14.0. The molecule has 0 bridgehead atoms. The zero-order valence-corrected chi connectivity index (χ0v) is 35.8. The molecule has 2 saturated carbocycles. The van der Waals surface area contributed by atoms with Crippen LogP contribution in [0.5, 0.6) is 0 Å². The number of nitrogens with one attached hydrogen (secondary N) is 4. The molecule has 0 radical (unpaired) electrons. The minimum Gasteiger partial charge on any atom is -0.453 e. The molecule has 4 atom stereocenters. The van der Waals surface area contributed by atoms with E-state index in [9.17, 15) is 19.2 Å². The molecule has 5 aromatic rings. The maximum atomic E-state index is 14.1. The van der Waals surface area contributed by atoms with Gasteiger partial charge in [-0.05, 0) is 109 Å². The number of H-pyrrole nitrogens is 2. The fourth-order valence-electron chi connectivity index (χ4n) is 10.7. The molecule has 62 heavy (non-hydrogen) atoms. The summed E-state index contributed by atoms with van der Waals surface area (Å²) in [5, 5.41) is 7.95. The lowest BCUT2D eigenvalue weighted by Gasteiger charge is -2.34. The number of aromatic amines is 2. The van der Waals surface area contributed by atoms with E-state index in [4.69, 9.17) is 19.4 Å². The lowest BCUT2D eigenvalue weighted by atomic mass is 9.83. The Kier molecular flexibility index (Phi) is 12.2. The number of nitrogens with zero attached hydrogens (tertiary/aromatic N) is 4. The highest BCUT2D eigenvalue weighted by atomic mass is 16.5. The van der Waals surface area contributed by atoms with Gasteiger partial charge in [-0.3, -0.25) is 9.59 Å². The molecular weight excluding hydrogens is 785 g/mol. The Morgan fingerprint density at radius 2 is 1.13 bits per heavy atom. The third-order valence-electron chi connectivity index (χ3n) is 14.0. The Hall–Kier alpha value is -5.92. The van der Waals surface area contributed by atoms with Gasteiger partial charge in [0.05, 0.1) is 49.2 Å². The van der Waals surface area contributed by atoms with Gasteiger partial charge in [-0.2, -0.15) is 0 Å². The van der Waals surface area contributed by atoms with E-state index in [1.807, 2.05) is 22.1 Å². The van der Waals surface area contributed by atoms with Gasteiger partial charge in [0.25, 0.3) is 0 Å². The maximum absolute atomic E-state index is 14.1. The van der Waals surface area contributed by atoms with Crippen LogP contribution in [0.3, 0.4) is 0 Å². The van der Waals surface area contributed by atoms with E-state index in [1.165, 1.54) is 14.2 Å². The molecule has 9 rings (SSSR count). The number of methoxy groups -OCH3 is 2. The zero-order valence-electron chi connectivity index (χ0n) is 35.8. The number of imidazole rings is 2. The molecule has 4 N–H and O–H groups in total. The fourth-order valence-corrected chi connectivity index (χ4v) is 10.7. The normalized spacial score (nSPS) is 20.9. The predicted octanol–water partition coefficient (Wildman–Crippen LogP) is 8.71. The quantitative estimate of drug-likeness (QED) is 0.108. The van der Waals surface area contributed by atoms with Crippen molar-refractivity contribution in [2.24, 2.45) is 11.8 Å².